The van der Waals surface area contributed by atoms with Gasteiger partial charge in [-0.25, -0.2) is 10.3 Å². The molecule has 1 atom stereocenters. The number of hydrogen-bond acceptors (Lipinski definition) is 2. The van der Waals surface area contributed by atoms with Crippen LogP contribution in [0.2, 0.25) is 0 Å². The minimum Gasteiger partial charge on any atom is -0.292 e. The molecule has 0 bridgehead atoms. The molecule has 0 heterocycles. The fraction of sp³-hybridized carbons (Fsp3) is 0.0769. The zero-order valence-corrected chi connectivity index (χ0v) is 8.64. The third-order valence-electron chi connectivity index (χ3n) is 2.43. The first-order valence-electron chi connectivity index (χ1n) is 4.98. The second-order valence-electron chi connectivity index (χ2n) is 3.45. The lowest BCUT2D eigenvalue weighted by Gasteiger charge is -2.15. The van der Waals surface area contributed by atoms with E-state index in [-0.39, 0.29) is 5.82 Å². The van der Waals surface area contributed by atoms with E-state index in [0.29, 0.717) is 5.56 Å². The van der Waals surface area contributed by atoms with Crippen LogP contribution >= 0.6 is 0 Å². The summed E-state index contributed by atoms with van der Waals surface area (Å²) < 4.78 is 13.6. The maximum absolute atomic E-state index is 13.6. The standard InChI is InChI=1S/C13H12FNO/c14-12-9-5-4-8-11(12)13(16-15)10-6-2-1-3-7-10/h1-9,13H,15H2. The Hall–Kier alpha value is -1.71. The van der Waals surface area contributed by atoms with Crippen molar-refractivity contribution in [2.45, 2.75) is 6.10 Å². The third kappa shape index (κ3) is 2.10. The Morgan fingerprint density at radius 3 is 2.19 bits per heavy atom. The predicted octanol–water partition coefficient (Wildman–Crippen LogP) is 2.81. The molecule has 0 aliphatic rings. The monoisotopic (exact) mass is 217 g/mol. The topological polar surface area (TPSA) is 35.2 Å². The summed E-state index contributed by atoms with van der Waals surface area (Å²) in [5, 5.41) is 0. The van der Waals surface area contributed by atoms with Gasteiger partial charge < -0.3 is 0 Å². The van der Waals surface area contributed by atoms with Gasteiger partial charge in [-0.05, 0) is 11.6 Å². The van der Waals surface area contributed by atoms with Gasteiger partial charge in [0.15, 0.2) is 0 Å². The van der Waals surface area contributed by atoms with Crippen LogP contribution < -0.4 is 5.90 Å². The highest BCUT2D eigenvalue weighted by molar-refractivity contribution is 5.30. The van der Waals surface area contributed by atoms with Gasteiger partial charge in [0.05, 0.1) is 0 Å². The highest BCUT2D eigenvalue weighted by Gasteiger charge is 2.16. The number of halogens is 1. The van der Waals surface area contributed by atoms with Gasteiger partial charge in [-0.3, -0.25) is 4.84 Å². The van der Waals surface area contributed by atoms with Gasteiger partial charge in [0, 0.05) is 5.56 Å². The third-order valence-corrected chi connectivity index (χ3v) is 2.43. The first kappa shape index (κ1) is 10.8. The quantitative estimate of drug-likeness (QED) is 0.802. The van der Waals surface area contributed by atoms with Crippen molar-refractivity contribution in [3.05, 3.63) is 71.5 Å². The molecule has 1 unspecified atom stereocenters. The van der Waals surface area contributed by atoms with Gasteiger partial charge in [0.25, 0.3) is 0 Å². The molecular weight excluding hydrogens is 205 g/mol. The van der Waals surface area contributed by atoms with Gasteiger partial charge in [-0.15, -0.1) is 0 Å². The summed E-state index contributed by atoms with van der Waals surface area (Å²) in [4.78, 5) is 4.86. The van der Waals surface area contributed by atoms with E-state index in [2.05, 4.69) is 0 Å². The van der Waals surface area contributed by atoms with Crippen LogP contribution in [0.3, 0.4) is 0 Å². The molecule has 82 valence electrons. The van der Waals surface area contributed by atoms with Crippen LogP contribution in [0.4, 0.5) is 4.39 Å². The van der Waals surface area contributed by atoms with Crippen LogP contribution in [-0.2, 0) is 4.84 Å². The number of benzene rings is 2. The first-order valence-corrected chi connectivity index (χ1v) is 4.98. The van der Waals surface area contributed by atoms with E-state index in [0.717, 1.165) is 5.56 Å². The minimum atomic E-state index is -0.567. The Morgan fingerprint density at radius 2 is 1.56 bits per heavy atom. The summed E-state index contributed by atoms with van der Waals surface area (Å²) in [5.74, 6) is 4.92. The molecule has 2 aromatic carbocycles. The second-order valence-corrected chi connectivity index (χ2v) is 3.45. The van der Waals surface area contributed by atoms with E-state index in [1.54, 1.807) is 18.2 Å². The fourth-order valence-corrected chi connectivity index (χ4v) is 1.65. The summed E-state index contributed by atoms with van der Waals surface area (Å²) in [6.45, 7) is 0. The Morgan fingerprint density at radius 1 is 0.938 bits per heavy atom. The zero-order valence-electron chi connectivity index (χ0n) is 8.64. The minimum absolute atomic E-state index is 0.318. The number of nitrogens with two attached hydrogens (primary N) is 1. The maximum atomic E-state index is 13.6. The number of hydrogen-bond donors (Lipinski definition) is 1. The Labute approximate surface area is 93.4 Å². The van der Waals surface area contributed by atoms with Crippen LogP contribution in [0.15, 0.2) is 54.6 Å². The number of rotatable bonds is 3. The molecule has 0 aliphatic carbocycles. The van der Waals surface area contributed by atoms with Gasteiger partial charge in [-0.1, -0.05) is 48.5 Å². The first-order chi connectivity index (χ1) is 7.83. The summed E-state index contributed by atoms with van der Waals surface area (Å²) in [7, 11) is 0. The molecule has 2 aromatic rings. The molecule has 2 rings (SSSR count). The lowest BCUT2D eigenvalue weighted by Crippen LogP contribution is -2.12. The highest BCUT2D eigenvalue weighted by atomic mass is 19.1. The van der Waals surface area contributed by atoms with Crippen LogP contribution in [0, 0.1) is 5.82 Å². The molecular formula is C13H12FNO. The lowest BCUT2D eigenvalue weighted by atomic mass is 10.0. The molecule has 0 spiro atoms. The molecule has 0 amide bonds. The predicted molar refractivity (Wildman–Crippen MR) is 60.0 cm³/mol. The van der Waals surface area contributed by atoms with E-state index < -0.39 is 6.10 Å². The molecule has 0 aliphatic heterocycles. The van der Waals surface area contributed by atoms with E-state index in [1.165, 1.54) is 6.07 Å². The van der Waals surface area contributed by atoms with Gasteiger partial charge in [0.1, 0.15) is 11.9 Å². The second kappa shape index (κ2) is 4.88. The van der Waals surface area contributed by atoms with Crippen molar-refractivity contribution in [1.29, 1.82) is 0 Å². The fourth-order valence-electron chi connectivity index (χ4n) is 1.65. The van der Waals surface area contributed by atoms with Crippen LogP contribution in [0.1, 0.15) is 17.2 Å². The van der Waals surface area contributed by atoms with Crippen LogP contribution in [0.5, 0.6) is 0 Å². The molecule has 0 saturated carbocycles. The largest absolute Gasteiger partial charge is 0.292 e. The molecule has 3 heteroatoms. The molecule has 0 fully saturated rings. The zero-order chi connectivity index (χ0) is 11.4. The van der Waals surface area contributed by atoms with E-state index in [4.69, 9.17) is 10.7 Å². The highest BCUT2D eigenvalue weighted by Crippen LogP contribution is 2.26. The van der Waals surface area contributed by atoms with Crippen molar-refractivity contribution in [2.75, 3.05) is 0 Å². The normalized spacial score (nSPS) is 12.4. The van der Waals surface area contributed by atoms with Crippen molar-refractivity contribution >= 4 is 0 Å². The molecule has 0 radical (unpaired) electrons. The average Bonchev–Trinajstić information content (AvgIpc) is 2.34. The maximum Gasteiger partial charge on any atom is 0.132 e. The van der Waals surface area contributed by atoms with Crippen LogP contribution in [-0.4, -0.2) is 0 Å². The molecule has 0 aromatic heterocycles. The van der Waals surface area contributed by atoms with Gasteiger partial charge in [0.2, 0.25) is 0 Å². The average molecular weight is 217 g/mol. The van der Waals surface area contributed by atoms with Gasteiger partial charge in [-0.2, -0.15) is 0 Å². The molecule has 2 nitrogen and oxygen atoms in total. The molecule has 16 heavy (non-hydrogen) atoms. The summed E-state index contributed by atoms with van der Waals surface area (Å²) >= 11 is 0. The summed E-state index contributed by atoms with van der Waals surface area (Å²) in [6, 6.07) is 15.8. The SMILES string of the molecule is NOC(c1ccccc1)c1ccccc1F. The molecule has 2 N–H and O–H groups in total. The van der Waals surface area contributed by atoms with Gasteiger partial charge >= 0.3 is 0 Å². The summed E-state index contributed by atoms with van der Waals surface area (Å²) in [6.07, 6.45) is -0.567. The Balaban J connectivity index is 2.41. The summed E-state index contributed by atoms with van der Waals surface area (Å²) in [5.41, 5.74) is 1.27. The Kier molecular flexibility index (Phi) is 3.29. The van der Waals surface area contributed by atoms with E-state index >= 15 is 0 Å². The molecule has 0 saturated heterocycles. The Bertz CT molecular complexity index is 458. The van der Waals surface area contributed by atoms with Crippen LogP contribution in [0.25, 0.3) is 0 Å². The van der Waals surface area contributed by atoms with Crippen molar-refractivity contribution < 1.29 is 9.23 Å². The van der Waals surface area contributed by atoms with Crippen molar-refractivity contribution in [2.24, 2.45) is 5.90 Å². The van der Waals surface area contributed by atoms with Crippen molar-refractivity contribution in [3.63, 3.8) is 0 Å². The van der Waals surface area contributed by atoms with Crippen molar-refractivity contribution in [1.82, 2.24) is 0 Å². The van der Waals surface area contributed by atoms with E-state index in [1.807, 2.05) is 30.3 Å². The van der Waals surface area contributed by atoms with Crippen molar-refractivity contribution in [3.8, 4) is 0 Å². The van der Waals surface area contributed by atoms with E-state index in [9.17, 15) is 4.39 Å². The smallest absolute Gasteiger partial charge is 0.132 e. The lowest BCUT2D eigenvalue weighted by molar-refractivity contribution is 0.0788.